The number of halogens is 4. The zero-order chi connectivity index (χ0) is 13.7. The number of benzene rings is 1. The zero-order valence-corrected chi connectivity index (χ0v) is 13.6. The largest absolute Gasteiger partial charge is 0.435 e. The first-order chi connectivity index (χ1) is 9.20. The lowest BCUT2D eigenvalue weighted by molar-refractivity contribution is -0.0499. The van der Waals surface area contributed by atoms with Gasteiger partial charge in [0.1, 0.15) is 5.75 Å². The average Bonchev–Trinajstić information content (AvgIpc) is 2.40. The SMILES string of the molecule is CC[C@H](c1cccc(OC(F)F)c1)N1CCNCC1.Cl.Cl. The average molecular weight is 343 g/mol. The van der Waals surface area contributed by atoms with Crippen molar-refractivity contribution in [2.24, 2.45) is 0 Å². The Hall–Kier alpha value is -0.620. The maximum absolute atomic E-state index is 12.2. The number of hydrogen-bond acceptors (Lipinski definition) is 3. The highest BCUT2D eigenvalue weighted by Crippen LogP contribution is 2.27. The summed E-state index contributed by atoms with van der Waals surface area (Å²) in [7, 11) is 0. The van der Waals surface area contributed by atoms with E-state index in [0.29, 0.717) is 0 Å². The lowest BCUT2D eigenvalue weighted by Crippen LogP contribution is -2.45. The van der Waals surface area contributed by atoms with Crippen molar-refractivity contribution in [2.75, 3.05) is 26.2 Å². The zero-order valence-electron chi connectivity index (χ0n) is 11.9. The van der Waals surface area contributed by atoms with Crippen LogP contribution in [0.1, 0.15) is 24.9 Å². The molecule has 3 nitrogen and oxygen atoms in total. The third kappa shape index (κ3) is 5.94. The van der Waals surface area contributed by atoms with Crippen LogP contribution in [-0.4, -0.2) is 37.7 Å². The van der Waals surface area contributed by atoms with E-state index in [2.05, 4.69) is 21.9 Å². The fourth-order valence-electron chi connectivity index (χ4n) is 2.60. The molecule has 0 bridgehead atoms. The number of alkyl halides is 2. The first kappa shape index (κ1) is 20.4. The van der Waals surface area contributed by atoms with E-state index in [1.807, 2.05) is 6.07 Å². The molecular weight excluding hydrogens is 321 g/mol. The number of rotatable bonds is 5. The van der Waals surface area contributed by atoms with Crippen LogP contribution in [0, 0.1) is 0 Å². The number of nitrogens with zero attached hydrogens (tertiary/aromatic N) is 1. The second-order valence-electron chi connectivity index (χ2n) is 4.66. The molecule has 0 aliphatic carbocycles. The number of ether oxygens (including phenoxy) is 1. The van der Waals surface area contributed by atoms with Crippen LogP contribution < -0.4 is 10.1 Å². The minimum atomic E-state index is -2.77. The Balaban J connectivity index is 0.00000200. The monoisotopic (exact) mass is 342 g/mol. The van der Waals surface area contributed by atoms with Crippen molar-refractivity contribution in [3.05, 3.63) is 29.8 Å². The van der Waals surface area contributed by atoms with Crippen LogP contribution in [0.2, 0.25) is 0 Å². The quantitative estimate of drug-likeness (QED) is 0.886. The molecule has 1 atom stereocenters. The van der Waals surface area contributed by atoms with E-state index in [1.165, 1.54) is 0 Å². The van der Waals surface area contributed by atoms with Crippen molar-refractivity contribution in [3.63, 3.8) is 0 Å². The van der Waals surface area contributed by atoms with Gasteiger partial charge in [-0.3, -0.25) is 4.90 Å². The lowest BCUT2D eigenvalue weighted by Gasteiger charge is -2.34. The van der Waals surface area contributed by atoms with Gasteiger partial charge in [-0.15, -0.1) is 24.8 Å². The van der Waals surface area contributed by atoms with E-state index >= 15 is 0 Å². The number of nitrogens with one attached hydrogen (secondary N) is 1. The normalized spacial score (nSPS) is 16.8. The Morgan fingerprint density at radius 2 is 1.90 bits per heavy atom. The summed E-state index contributed by atoms with van der Waals surface area (Å²) in [5.74, 6) is 0.237. The molecule has 0 aromatic heterocycles. The predicted octanol–water partition coefficient (Wildman–Crippen LogP) is 3.49. The third-order valence-electron chi connectivity index (χ3n) is 3.45. The molecule has 1 heterocycles. The van der Waals surface area contributed by atoms with Crippen LogP contribution in [-0.2, 0) is 0 Å². The van der Waals surface area contributed by atoms with Crippen molar-refractivity contribution in [1.29, 1.82) is 0 Å². The van der Waals surface area contributed by atoms with Gasteiger partial charge in [0.15, 0.2) is 0 Å². The van der Waals surface area contributed by atoms with Gasteiger partial charge in [0.25, 0.3) is 0 Å². The molecule has 7 heteroatoms. The molecule has 1 aliphatic heterocycles. The fraction of sp³-hybridized carbons (Fsp3) is 0.571. The van der Waals surface area contributed by atoms with Crippen LogP contribution in [0.4, 0.5) is 8.78 Å². The van der Waals surface area contributed by atoms with Crippen LogP contribution in [0.3, 0.4) is 0 Å². The molecule has 0 radical (unpaired) electrons. The van der Waals surface area contributed by atoms with Gasteiger partial charge < -0.3 is 10.1 Å². The summed E-state index contributed by atoms with van der Waals surface area (Å²) in [6.07, 6.45) is 0.956. The highest BCUT2D eigenvalue weighted by atomic mass is 35.5. The predicted molar refractivity (Wildman–Crippen MR) is 85.0 cm³/mol. The minimum Gasteiger partial charge on any atom is -0.435 e. The topological polar surface area (TPSA) is 24.5 Å². The summed E-state index contributed by atoms with van der Waals surface area (Å²) in [6, 6.07) is 7.32. The maximum Gasteiger partial charge on any atom is 0.387 e. The first-order valence-corrected chi connectivity index (χ1v) is 6.70. The van der Waals surface area contributed by atoms with Gasteiger partial charge in [0.05, 0.1) is 0 Å². The second kappa shape index (κ2) is 10.2. The van der Waals surface area contributed by atoms with Gasteiger partial charge in [0.2, 0.25) is 0 Å². The van der Waals surface area contributed by atoms with Gasteiger partial charge in [-0.2, -0.15) is 8.78 Å². The van der Waals surface area contributed by atoms with E-state index in [-0.39, 0.29) is 36.6 Å². The summed E-state index contributed by atoms with van der Waals surface area (Å²) in [6.45, 7) is 3.27. The lowest BCUT2D eigenvalue weighted by atomic mass is 10.0. The Labute approximate surface area is 136 Å². The third-order valence-corrected chi connectivity index (χ3v) is 3.45. The van der Waals surface area contributed by atoms with Gasteiger partial charge >= 0.3 is 6.61 Å². The van der Waals surface area contributed by atoms with E-state index in [1.54, 1.807) is 18.2 Å². The summed E-state index contributed by atoms with van der Waals surface area (Å²) >= 11 is 0. The van der Waals surface area contributed by atoms with Crippen molar-refractivity contribution < 1.29 is 13.5 Å². The summed E-state index contributed by atoms with van der Waals surface area (Å²) < 4.78 is 29.0. The molecule has 1 aromatic carbocycles. The molecular formula is C14H22Cl2F2N2O. The second-order valence-corrected chi connectivity index (χ2v) is 4.66. The van der Waals surface area contributed by atoms with Gasteiger partial charge in [-0.05, 0) is 24.1 Å². The van der Waals surface area contributed by atoms with Gasteiger partial charge in [-0.1, -0.05) is 19.1 Å². The van der Waals surface area contributed by atoms with E-state index in [0.717, 1.165) is 38.2 Å². The smallest absolute Gasteiger partial charge is 0.387 e. The van der Waals surface area contributed by atoms with Crippen LogP contribution in [0.25, 0.3) is 0 Å². The molecule has 0 unspecified atom stereocenters. The van der Waals surface area contributed by atoms with Crippen LogP contribution in [0.5, 0.6) is 5.75 Å². The summed E-state index contributed by atoms with van der Waals surface area (Å²) in [5, 5.41) is 3.32. The maximum atomic E-state index is 12.2. The molecule has 2 rings (SSSR count). The Morgan fingerprint density at radius 1 is 1.24 bits per heavy atom. The molecule has 1 fully saturated rings. The molecule has 1 saturated heterocycles. The first-order valence-electron chi connectivity index (χ1n) is 6.70. The van der Waals surface area contributed by atoms with E-state index < -0.39 is 6.61 Å². The Bertz CT molecular complexity index is 404. The van der Waals surface area contributed by atoms with E-state index in [4.69, 9.17) is 0 Å². The minimum absolute atomic E-state index is 0. The van der Waals surface area contributed by atoms with Crippen LogP contribution >= 0.6 is 24.8 Å². The van der Waals surface area contributed by atoms with Crippen molar-refractivity contribution in [1.82, 2.24) is 10.2 Å². The summed E-state index contributed by atoms with van der Waals surface area (Å²) in [5.41, 5.74) is 1.04. The molecule has 1 N–H and O–H groups in total. The Morgan fingerprint density at radius 3 is 2.48 bits per heavy atom. The molecule has 1 aromatic rings. The van der Waals surface area contributed by atoms with Gasteiger partial charge in [0, 0.05) is 32.2 Å². The fourth-order valence-corrected chi connectivity index (χ4v) is 2.60. The van der Waals surface area contributed by atoms with Gasteiger partial charge in [-0.25, -0.2) is 0 Å². The number of piperazine rings is 1. The number of hydrogen-bond donors (Lipinski definition) is 1. The molecule has 21 heavy (non-hydrogen) atoms. The van der Waals surface area contributed by atoms with Crippen molar-refractivity contribution >= 4 is 24.8 Å². The van der Waals surface area contributed by atoms with Crippen molar-refractivity contribution in [2.45, 2.75) is 26.0 Å². The van der Waals surface area contributed by atoms with Crippen LogP contribution in [0.15, 0.2) is 24.3 Å². The highest BCUT2D eigenvalue weighted by Gasteiger charge is 2.21. The summed E-state index contributed by atoms with van der Waals surface area (Å²) in [4.78, 5) is 2.39. The van der Waals surface area contributed by atoms with E-state index in [9.17, 15) is 8.78 Å². The van der Waals surface area contributed by atoms with Crippen molar-refractivity contribution in [3.8, 4) is 5.75 Å². The molecule has 0 spiro atoms. The molecule has 122 valence electrons. The Kier molecular flexibility index (Phi) is 9.86. The molecule has 0 saturated carbocycles. The standard InChI is InChI=1S/C14H20F2N2O.2ClH/c1-2-13(18-8-6-17-7-9-18)11-4-3-5-12(10-11)19-14(15)16;;/h3-5,10,13-14,17H,2,6-9H2,1H3;2*1H/t13-;;/m1../s1. The molecule has 1 aliphatic rings. The highest BCUT2D eigenvalue weighted by molar-refractivity contribution is 5.85. The molecule has 0 amide bonds.